The second-order valence-corrected chi connectivity index (χ2v) is 3.85. The number of hydrogen-bond donors (Lipinski definition) is 2. The number of nitrogens with zero attached hydrogens (tertiary/aromatic N) is 1. The van der Waals surface area contributed by atoms with E-state index in [1.807, 2.05) is 6.07 Å². The number of nitriles is 1. The van der Waals surface area contributed by atoms with Gasteiger partial charge in [-0.15, -0.1) is 0 Å². The smallest absolute Gasteiger partial charge is 0.123 e. The number of phenols is 2. The first-order chi connectivity index (χ1) is 8.11. The van der Waals surface area contributed by atoms with Gasteiger partial charge in [-0.3, -0.25) is 0 Å². The third-order valence-electron chi connectivity index (χ3n) is 2.62. The van der Waals surface area contributed by atoms with Crippen LogP contribution in [0.15, 0.2) is 36.4 Å². The molecule has 0 fully saturated rings. The fraction of sp³-hybridized carbons (Fsp3) is 0.0714. The first-order valence-corrected chi connectivity index (χ1v) is 5.15. The molecular formula is C14H11NO2. The van der Waals surface area contributed by atoms with E-state index in [-0.39, 0.29) is 11.5 Å². The Labute approximate surface area is 99.2 Å². The van der Waals surface area contributed by atoms with E-state index in [1.54, 1.807) is 31.2 Å². The van der Waals surface area contributed by atoms with Gasteiger partial charge in [0.2, 0.25) is 0 Å². The largest absolute Gasteiger partial charge is 0.508 e. The monoisotopic (exact) mass is 225 g/mol. The highest BCUT2D eigenvalue weighted by Gasteiger charge is 2.08. The molecule has 0 aliphatic heterocycles. The second kappa shape index (κ2) is 4.18. The highest BCUT2D eigenvalue weighted by Crippen LogP contribution is 2.34. The standard InChI is InChI=1S/C14H11NO2/c1-9-5-14(17)12(7-13(9)16)11-4-2-3-10(6-11)8-15/h2-7,16-17H,1H3. The van der Waals surface area contributed by atoms with E-state index in [2.05, 4.69) is 0 Å². The lowest BCUT2D eigenvalue weighted by Gasteiger charge is -2.08. The van der Waals surface area contributed by atoms with Crippen LogP contribution in [0.2, 0.25) is 0 Å². The summed E-state index contributed by atoms with van der Waals surface area (Å²) in [6, 6.07) is 11.9. The third-order valence-corrected chi connectivity index (χ3v) is 2.62. The first-order valence-electron chi connectivity index (χ1n) is 5.15. The predicted molar refractivity (Wildman–Crippen MR) is 64.7 cm³/mol. The maximum atomic E-state index is 9.84. The molecule has 0 unspecified atom stereocenters. The van der Waals surface area contributed by atoms with Gasteiger partial charge in [0.25, 0.3) is 0 Å². The Bertz CT molecular complexity index is 612. The Balaban J connectivity index is 2.61. The number of phenolic OH excluding ortho intramolecular Hbond substituents is 2. The summed E-state index contributed by atoms with van der Waals surface area (Å²) in [6.07, 6.45) is 0. The summed E-state index contributed by atoms with van der Waals surface area (Å²) in [5, 5.41) is 28.3. The third kappa shape index (κ3) is 2.06. The van der Waals surface area contributed by atoms with Gasteiger partial charge in [0.1, 0.15) is 11.5 Å². The zero-order valence-electron chi connectivity index (χ0n) is 9.31. The molecule has 0 bridgehead atoms. The van der Waals surface area contributed by atoms with Crippen LogP contribution in [0.25, 0.3) is 11.1 Å². The van der Waals surface area contributed by atoms with E-state index in [0.29, 0.717) is 22.3 Å². The molecule has 0 aromatic heterocycles. The van der Waals surface area contributed by atoms with E-state index in [9.17, 15) is 10.2 Å². The molecule has 0 radical (unpaired) electrons. The number of benzene rings is 2. The van der Waals surface area contributed by atoms with Crippen molar-refractivity contribution in [1.29, 1.82) is 5.26 Å². The summed E-state index contributed by atoms with van der Waals surface area (Å²) in [7, 11) is 0. The Morgan fingerprint density at radius 1 is 1.06 bits per heavy atom. The molecule has 0 aliphatic carbocycles. The lowest BCUT2D eigenvalue weighted by atomic mass is 10.0. The molecule has 0 atom stereocenters. The van der Waals surface area contributed by atoms with E-state index in [1.165, 1.54) is 12.1 Å². The molecule has 0 amide bonds. The van der Waals surface area contributed by atoms with E-state index >= 15 is 0 Å². The van der Waals surface area contributed by atoms with Crippen molar-refractivity contribution >= 4 is 0 Å². The summed E-state index contributed by atoms with van der Waals surface area (Å²) < 4.78 is 0. The minimum absolute atomic E-state index is 0.0930. The summed E-state index contributed by atoms with van der Waals surface area (Å²) in [5.41, 5.74) is 2.35. The normalized spacial score (nSPS) is 9.88. The second-order valence-electron chi connectivity index (χ2n) is 3.85. The molecular weight excluding hydrogens is 214 g/mol. The minimum atomic E-state index is 0.0930. The molecule has 3 heteroatoms. The van der Waals surface area contributed by atoms with Crippen LogP contribution in [0.3, 0.4) is 0 Å². The molecule has 2 aromatic rings. The van der Waals surface area contributed by atoms with Crippen LogP contribution in [-0.4, -0.2) is 10.2 Å². The van der Waals surface area contributed by atoms with E-state index < -0.39 is 0 Å². The maximum Gasteiger partial charge on any atom is 0.123 e. The zero-order valence-corrected chi connectivity index (χ0v) is 9.31. The molecule has 0 saturated carbocycles. The average Bonchev–Trinajstić information content (AvgIpc) is 2.34. The van der Waals surface area contributed by atoms with Gasteiger partial charge in [0.15, 0.2) is 0 Å². The fourth-order valence-electron chi connectivity index (χ4n) is 1.67. The van der Waals surface area contributed by atoms with Gasteiger partial charge in [-0.25, -0.2) is 0 Å². The topological polar surface area (TPSA) is 64.2 Å². The summed E-state index contributed by atoms with van der Waals surface area (Å²) >= 11 is 0. The molecule has 0 heterocycles. The Hall–Kier alpha value is -2.47. The maximum absolute atomic E-state index is 9.84. The van der Waals surface area contributed by atoms with Crippen LogP contribution in [0.4, 0.5) is 0 Å². The van der Waals surface area contributed by atoms with Crippen LogP contribution in [0, 0.1) is 18.3 Å². The summed E-state index contributed by atoms with van der Waals surface area (Å²) in [5.74, 6) is 0.218. The van der Waals surface area contributed by atoms with Gasteiger partial charge in [0.05, 0.1) is 11.6 Å². The molecule has 0 aliphatic rings. The van der Waals surface area contributed by atoms with Crippen LogP contribution < -0.4 is 0 Å². The molecule has 3 nitrogen and oxygen atoms in total. The van der Waals surface area contributed by atoms with E-state index in [0.717, 1.165) is 0 Å². The number of aromatic hydroxyl groups is 2. The number of hydrogen-bond acceptors (Lipinski definition) is 3. The van der Waals surface area contributed by atoms with Crippen molar-refractivity contribution < 1.29 is 10.2 Å². The van der Waals surface area contributed by atoms with Crippen molar-refractivity contribution in [3.63, 3.8) is 0 Å². The van der Waals surface area contributed by atoms with Crippen LogP contribution in [-0.2, 0) is 0 Å². The lowest BCUT2D eigenvalue weighted by Crippen LogP contribution is -1.83. The predicted octanol–water partition coefficient (Wildman–Crippen LogP) is 2.94. The quantitative estimate of drug-likeness (QED) is 0.733. The Morgan fingerprint density at radius 2 is 1.82 bits per heavy atom. The SMILES string of the molecule is Cc1cc(O)c(-c2cccc(C#N)c2)cc1O. The summed E-state index contributed by atoms with van der Waals surface area (Å²) in [6.45, 7) is 1.71. The van der Waals surface area contributed by atoms with Crippen molar-refractivity contribution in [2.75, 3.05) is 0 Å². The molecule has 2 aromatic carbocycles. The first kappa shape index (κ1) is 11.0. The minimum Gasteiger partial charge on any atom is -0.508 e. The molecule has 0 spiro atoms. The van der Waals surface area contributed by atoms with E-state index in [4.69, 9.17) is 5.26 Å². The molecule has 17 heavy (non-hydrogen) atoms. The van der Waals surface area contributed by atoms with Crippen LogP contribution in [0.5, 0.6) is 11.5 Å². The molecule has 2 rings (SSSR count). The van der Waals surface area contributed by atoms with Crippen molar-refractivity contribution in [1.82, 2.24) is 0 Å². The Kier molecular flexibility index (Phi) is 2.71. The molecule has 84 valence electrons. The molecule has 0 saturated heterocycles. The average molecular weight is 225 g/mol. The van der Waals surface area contributed by atoms with Crippen molar-refractivity contribution in [3.8, 4) is 28.7 Å². The van der Waals surface area contributed by atoms with Gasteiger partial charge in [-0.2, -0.15) is 5.26 Å². The highest BCUT2D eigenvalue weighted by molar-refractivity contribution is 5.73. The van der Waals surface area contributed by atoms with Crippen LogP contribution >= 0.6 is 0 Å². The van der Waals surface area contributed by atoms with Gasteiger partial charge in [-0.05, 0) is 42.3 Å². The molecule has 2 N–H and O–H groups in total. The van der Waals surface area contributed by atoms with Gasteiger partial charge in [0, 0.05) is 5.56 Å². The summed E-state index contributed by atoms with van der Waals surface area (Å²) in [4.78, 5) is 0. The van der Waals surface area contributed by atoms with Crippen molar-refractivity contribution in [3.05, 3.63) is 47.5 Å². The van der Waals surface area contributed by atoms with Crippen LogP contribution in [0.1, 0.15) is 11.1 Å². The lowest BCUT2D eigenvalue weighted by molar-refractivity contribution is 0.458. The van der Waals surface area contributed by atoms with Gasteiger partial charge < -0.3 is 10.2 Å². The van der Waals surface area contributed by atoms with Crippen molar-refractivity contribution in [2.24, 2.45) is 0 Å². The Morgan fingerprint density at radius 3 is 2.53 bits per heavy atom. The van der Waals surface area contributed by atoms with Gasteiger partial charge in [-0.1, -0.05) is 12.1 Å². The highest BCUT2D eigenvalue weighted by atomic mass is 16.3. The number of aryl methyl sites for hydroxylation is 1. The van der Waals surface area contributed by atoms with Crippen molar-refractivity contribution in [2.45, 2.75) is 6.92 Å². The zero-order chi connectivity index (χ0) is 12.4. The fourth-order valence-corrected chi connectivity index (χ4v) is 1.67. The number of rotatable bonds is 1. The van der Waals surface area contributed by atoms with Gasteiger partial charge >= 0.3 is 0 Å².